The molecule has 4 saturated heterocycles. The van der Waals surface area contributed by atoms with Crippen LogP contribution in [0.2, 0.25) is 0 Å². The van der Waals surface area contributed by atoms with Gasteiger partial charge in [0.15, 0.2) is 12.6 Å². The zero-order chi connectivity index (χ0) is 49.7. The first kappa shape index (κ1) is 54.7. The van der Waals surface area contributed by atoms with E-state index in [1.807, 2.05) is 83.9 Å². The quantitative estimate of drug-likeness (QED) is 0.229. The van der Waals surface area contributed by atoms with Gasteiger partial charge in [0, 0.05) is 45.6 Å². The van der Waals surface area contributed by atoms with E-state index in [0.717, 1.165) is 5.56 Å². The Bertz CT molecular complexity index is 1800. The van der Waals surface area contributed by atoms with E-state index in [0.29, 0.717) is 32.2 Å². The van der Waals surface area contributed by atoms with Crippen molar-refractivity contribution in [3.63, 3.8) is 0 Å². The SMILES string of the molecule is CO[C@]1(C)C[C@H](O[C@@H]2[C@H](C)[C@@H](O[C@@H]3O[C@H](C)C[C@H](N(C)C)[C@H]3O)[C@](C)(O)C[C@@H](C)CN(C)C(=O)[C@@H]3CCCN3C(=O)C(C(C)C)NC(=O)[C@@H](CCc3ccccc3)NC(=O)[C@@H]2C)O[C@@H](C)[C@@H]1O. The molecule has 0 aromatic heterocycles. The molecule has 0 aliphatic carbocycles. The summed E-state index contributed by atoms with van der Waals surface area (Å²) in [6.45, 7) is 16.7. The lowest BCUT2D eigenvalue weighted by atomic mass is 9.77. The molecule has 67 heavy (non-hydrogen) atoms. The smallest absolute Gasteiger partial charge is 0.246 e. The molecule has 5 N–H and O–H groups in total. The Morgan fingerprint density at radius 2 is 1.60 bits per heavy atom. The molecular formula is C50H83N5O12. The molecule has 17 atom stereocenters. The molecule has 1 unspecified atom stereocenters. The number of aliphatic hydroxyl groups excluding tert-OH is 2. The van der Waals surface area contributed by atoms with Crippen LogP contribution in [-0.2, 0) is 49.3 Å². The van der Waals surface area contributed by atoms with Gasteiger partial charge in [-0.2, -0.15) is 0 Å². The van der Waals surface area contributed by atoms with E-state index in [2.05, 4.69) is 10.6 Å². The van der Waals surface area contributed by atoms with Crippen LogP contribution in [0, 0.1) is 23.7 Å². The van der Waals surface area contributed by atoms with E-state index in [4.69, 9.17) is 23.7 Å². The first-order valence-electron chi connectivity index (χ1n) is 24.5. The van der Waals surface area contributed by atoms with Gasteiger partial charge in [-0.1, -0.05) is 65.0 Å². The van der Waals surface area contributed by atoms with E-state index in [-0.39, 0.29) is 61.6 Å². The summed E-state index contributed by atoms with van der Waals surface area (Å²) < 4.78 is 32.1. The maximum Gasteiger partial charge on any atom is 0.246 e. The molecule has 1 aromatic carbocycles. The largest absolute Gasteiger partial charge is 0.387 e. The van der Waals surface area contributed by atoms with E-state index >= 15 is 0 Å². The predicted molar refractivity (Wildman–Crippen MR) is 251 cm³/mol. The molecule has 1 aromatic rings. The number of hydrogen-bond acceptors (Lipinski definition) is 13. The van der Waals surface area contributed by atoms with Gasteiger partial charge in [0.1, 0.15) is 30.3 Å². The molecule has 4 fully saturated rings. The van der Waals surface area contributed by atoms with Gasteiger partial charge in [0.2, 0.25) is 23.6 Å². The Labute approximate surface area is 398 Å². The molecule has 4 amide bonds. The van der Waals surface area contributed by atoms with Crippen molar-refractivity contribution in [1.82, 2.24) is 25.3 Å². The number of likely N-dealkylation sites (N-methyl/N-ethyl adjacent to an activating group) is 2. The average Bonchev–Trinajstić information content (AvgIpc) is 3.76. The van der Waals surface area contributed by atoms with Crippen molar-refractivity contribution in [2.24, 2.45) is 23.7 Å². The number of carbonyl (C=O) groups is 4. The number of ether oxygens (including phenoxy) is 5. The Morgan fingerprint density at radius 1 is 0.925 bits per heavy atom. The second-order valence-electron chi connectivity index (χ2n) is 21.2. The first-order chi connectivity index (χ1) is 31.4. The number of aryl methyl sites for hydroxylation is 1. The highest BCUT2D eigenvalue weighted by atomic mass is 16.7. The molecule has 17 heteroatoms. The van der Waals surface area contributed by atoms with Crippen molar-refractivity contribution in [2.45, 2.75) is 192 Å². The van der Waals surface area contributed by atoms with Crippen LogP contribution in [0.15, 0.2) is 30.3 Å². The summed E-state index contributed by atoms with van der Waals surface area (Å²) in [6, 6.07) is 6.43. The lowest BCUT2D eigenvalue weighted by Gasteiger charge is -2.49. The summed E-state index contributed by atoms with van der Waals surface area (Å²) in [5.74, 6) is -4.24. The average molecular weight is 946 g/mol. The third-order valence-electron chi connectivity index (χ3n) is 14.8. The normalized spacial score (nSPS) is 40.2. The molecule has 17 nitrogen and oxygen atoms in total. The van der Waals surface area contributed by atoms with Crippen molar-refractivity contribution in [2.75, 3.05) is 41.3 Å². The molecule has 4 heterocycles. The number of hydrogen-bond donors (Lipinski definition) is 5. The molecule has 0 spiro atoms. The molecule has 4 aliphatic heterocycles. The second kappa shape index (κ2) is 23.1. The Kier molecular flexibility index (Phi) is 18.9. The zero-order valence-electron chi connectivity index (χ0n) is 42.3. The fourth-order valence-electron chi connectivity index (χ4n) is 10.9. The summed E-state index contributed by atoms with van der Waals surface area (Å²) in [5.41, 5.74) is -1.83. The highest BCUT2D eigenvalue weighted by molar-refractivity contribution is 5.95. The van der Waals surface area contributed by atoms with Crippen LogP contribution < -0.4 is 10.6 Å². The number of nitrogens with zero attached hydrogens (tertiary/aromatic N) is 3. The van der Waals surface area contributed by atoms with Gasteiger partial charge < -0.3 is 64.3 Å². The minimum atomic E-state index is -1.70. The summed E-state index contributed by atoms with van der Waals surface area (Å²) in [5, 5.41) is 41.8. The zero-order valence-corrected chi connectivity index (χ0v) is 42.3. The number of nitrogens with one attached hydrogen (secondary N) is 2. The van der Waals surface area contributed by atoms with Crippen molar-refractivity contribution < 1.29 is 58.2 Å². The third-order valence-corrected chi connectivity index (χ3v) is 14.8. The van der Waals surface area contributed by atoms with E-state index in [9.17, 15) is 34.5 Å². The Balaban J connectivity index is 1.63. The molecule has 380 valence electrons. The molecule has 0 radical (unpaired) electrons. The summed E-state index contributed by atoms with van der Waals surface area (Å²) in [4.78, 5) is 63.4. The topological polar surface area (TPSA) is 209 Å². The third kappa shape index (κ3) is 13.1. The van der Waals surface area contributed by atoms with Crippen LogP contribution in [0.4, 0.5) is 0 Å². The Hall–Kier alpha value is -3.26. The lowest BCUT2D eigenvalue weighted by molar-refractivity contribution is -0.317. The van der Waals surface area contributed by atoms with Crippen LogP contribution >= 0.6 is 0 Å². The van der Waals surface area contributed by atoms with Crippen LogP contribution in [0.3, 0.4) is 0 Å². The lowest BCUT2D eigenvalue weighted by Crippen LogP contribution is -2.61. The molecule has 4 aliphatic rings. The van der Waals surface area contributed by atoms with Gasteiger partial charge in [0.05, 0.1) is 41.5 Å². The van der Waals surface area contributed by atoms with Gasteiger partial charge in [-0.05, 0) is 97.7 Å². The van der Waals surface area contributed by atoms with Gasteiger partial charge >= 0.3 is 0 Å². The maximum atomic E-state index is 15.0. The van der Waals surface area contributed by atoms with Gasteiger partial charge in [0.25, 0.3) is 0 Å². The van der Waals surface area contributed by atoms with Crippen molar-refractivity contribution in [3.05, 3.63) is 35.9 Å². The second-order valence-corrected chi connectivity index (χ2v) is 21.2. The van der Waals surface area contributed by atoms with Gasteiger partial charge in [-0.3, -0.25) is 19.2 Å². The summed E-state index contributed by atoms with van der Waals surface area (Å²) >= 11 is 0. The molecule has 0 saturated carbocycles. The van der Waals surface area contributed by atoms with E-state index in [1.165, 1.54) is 7.11 Å². The number of benzene rings is 1. The van der Waals surface area contributed by atoms with Crippen molar-refractivity contribution in [3.8, 4) is 0 Å². The highest BCUT2D eigenvalue weighted by Gasteiger charge is 2.52. The minimum Gasteiger partial charge on any atom is -0.387 e. The number of carbonyl (C=O) groups excluding carboxylic acids is 4. The first-order valence-corrected chi connectivity index (χ1v) is 24.5. The number of amides is 4. The van der Waals surface area contributed by atoms with Crippen LogP contribution in [0.5, 0.6) is 0 Å². The summed E-state index contributed by atoms with van der Waals surface area (Å²) in [7, 11) is 6.94. The van der Waals surface area contributed by atoms with E-state index < -0.39 is 96.1 Å². The molecule has 5 rings (SSSR count). The molecule has 0 bridgehead atoms. The number of fused-ring (bicyclic) bond motifs is 1. The minimum absolute atomic E-state index is 0.0864. The predicted octanol–water partition coefficient (Wildman–Crippen LogP) is 2.85. The fraction of sp³-hybridized carbons (Fsp3) is 0.800. The number of methoxy groups -OCH3 is 1. The van der Waals surface area contributed by atoms with Crippen LogP contribution in [0.1, 0.15) is 106 Å². The van der Waals surface area contributed by atoms with Gasteiger partial charge in [-0.15, -0.1) is 0 Å². The van der Waals surface area contributed by atoms with Crippen molar-refractivity contribution in [1.29, 1.82) is 0 Å². The number of rotatable bonds is 10. The fourth-order valence-corrected chi connectivity index (χ4v) is 10.9. The summed E-state index contributed by atoms with van der Waals surface area (Å²) in [6.07, 6.45) is -5.18. The highest BCUT2D eigenvalue weighted by Crippen LogP contribution is 2.39. The molecular weight excluding hydrogens is 863 g/mol. The van der Waals surface area contributed by atoms with E-state index in [1.54, 1.807) is 44.5 Å². The van der Waals surface area contributed by atoms with Crippen LogP contribution in [-0.4, -0.2) is 180 Å². The number of aliphatic hydroxyl groups is 3. The van der Waals surface area contributed by atoms with Crippen molar-refractivity contribution >= 4 is 23.6 Å². The Morgan fingerprint density at radius 3 is 2.22 bits per heavy atom. The standard InChI is InChI=1S/C50H83N5O12/c1-28(2)39-47(61)55-23-17-20-36(55)46(60)54(12)27-29(3)25-49(8,62)43(67-48-40(56)37(53(10)11)24-30(4)64-48)31(5)41(66-38-26-50(9,63-13)42(57)33(7)65-38)32(6)44(58)51-35(45(59)52-39)22-21-34-18-15-14-16-19-34/h14-16,18-19,28-33,35-43,48,56-57,62H,17,20-27H2,1-13H3,(H,51,58)(H,52,59)/t29-,30-,31+,32-,33+,35-,36+,37+,38+,39?,40-,41-,42+,43-,48+,49-,50-/m1/s1. The monoisotopic (exact) mass is 946 g/mol. The van der Waals surface area contributed by atoms with Crippen LogP contribution in [0.25, 0.3) is 0 Å². The van der Waals surface area contributed by atoms with Gasteiger partial charge in [-0.25, -0.2) is 0 Å². The maximum absolute atomic E-state index is 15.0.